The second-order valence-corrected chi connectivity index (χ2v) is 5.31. The van der Waals surface area contributed by atoms with Crippen LogP contribution in [-0.4, -0.2) is 32.8 Å². The predicted molar refractivity (Wildman–Crippen MR) is 80.2 cm³/mol. The highest BCUT2D eigenvalue weighted by molar-refractivity contribution is 5.98. The lowest BCUT2D eigenvalue weighted by atomic mass is 9.93. The molecule has 0 spiro atoms. The number of benzene rings is 1. The van der Waals surface area contributed by atoms with E-state index in [4.69, 9.17) is 0 Å². The second-order valence-electron chi connectivity index (χ2n) is 5.31. The highest BCUT2D eigenvalue weighted by Gasteiger charge is 2.38. The Morgan fingerprint density at radius 3 is 2.81 bits per heavy atom. The van der Waals surface area contributed by atoms with Crippen LogP contribution < -0.4 is 10.6 Å². The van der Waals surface area contributed by atoms with Gasteiger partial charge in [0.15, 0.2) is 0 Å². The number of carbonyl (C=O) groups is 1. The molecule has 1 fully saturated rings. The highest BCUT2D eigenvalue weighted by atomic mass is 16.2. The molecule has 1 aromatic carbocycles. The number of anilines is 1. The van der Waals surface area contributed by atoms with Gasteiger partial charge in [0.2, 0.25) is 5.91 Å². The molecule has 0 radical (unpaired) electrons. The summed E-state index contributed by atoms with van der Waals surface area (Å²) in [5.41, 5.74) is 1.30. The van der Waals surface area contributed by atoms with Crippen LogP contribution in [0.2, 0.25) is 0 Å². The predicted octanol–water partition coefficient (Wildman–Crippen LogP) is 1.74. The monoisotopic (exact) mass is 285 g/mol. The Morgan fingerprint density at radius 1 is 1.43 bits per heavy atom. The van der Waals surface area contributed by atoms with Crippen molar-refractivity contribution in [2.24, 2.45) is 0 Å². The van der Waals surface area contributed by atoms with Crippen LogP contribution in [0.5, 0.6) is 0 Å². The summed E-state index contributed by atoms with van der Waals surface area (Å²) < 4.78 is 1.68. The lowest BCUT2D eigenvalue weighted by Crippen LogP contribution is -2.50. The molecule has 1 aromatic heterocycles. The van der Waals surface area contributed by atoms with Crippen molar-refractivity contribution in [1.82, 2.24) is 20.1 Å². The molecular weight excluding hydrogens is 266 g/mol. The van der Waals surface area contributed by atoms with Crippen molar-refractivity contribution in [3.8, 4) is 5.69 Å². The van der Waals surface area contributed by atoms with Gasteiger partial charge in [-0.15, -0.1) is 0 Å². The Morgan fingerprint density at radius 2 is 2.24 bits per heavy atom. The summed E-state index contributed by atoms with van der Waals surface area (Å²) in [6, 6.07) is 7.58. The molecule has 1 amide bonds. The van der Waals surface area contributed by atoms with Crippen LogP contribution in [0.15, 0.2) is 36.9 Å². The summed E-state index contributed by atoms with van der Waals surface area (Å²) in [5.74, 6) is 0.0519. The molecule has 1 unspecified atom stereocenters. The lowest BCUT2D eigenvalue weighted by Gasteiger charge is -2.26. The number of hydrogen-bond acceptors (Lipinski definition) is 4. The molecule has 1 saturated heterocycles. The number of nitrogens with one attached hydrogen (secondary N) is 2. The minimum atomic E-state index is -0.412. The van der Waals surface area contributed by atoms with Crippen molar-refractivity contribution in [2.75, 3.05) is 11.9 Å². The van der Waals surface area contributed by atoms with E-state index in [-0.39, 0.29) is 5.91 Å². The third-order valence-electron chi connectivity index (χ3n) is 4.09. The lowest BCUT2D eigenvalue weighted by molar-refractivity contribution is -0.122. The summed E-state index contributed by atoms with van der Waals surface area (Å²) in [7, 11) is 0. The molecule has 2 heterocycles. The maximum atomic E-state index is 12.5. The van der Waals surface area contributed by atoms with E-state index in [2.05, 4.69) is 20.7 Å². The molecule has 2 aromatic rings. The van der Waals surface area contributed by atoms with Gasteiger partial charge in [0.1, 0.15) is 12.7 Å². The Hall–Kier alpha value is -2.21. The third kappa shape index (κ3) is 2.67. The number of aromatic nitrogens is 3. The summed E-state index contributed by atoms with van der Waals surface area (Å²) >= 11 is 0. The smallest absolute Gasteiger partial charge is 0.244 e. The standard InChI is InChI=1S/C15H19N5O/c1-2-15(8-3-9-17-15)14(21)19-12-4-6-13(7-5-12)20-11-16-10-18-20/h4-7,10-11,17H,2-3,8-9H2,1H3,(H,19,21). The maximum Gasteiger partial charge on any atom is 0.244 e. The maximum absolute atomic E-state index is 12.5. The first-order chi connectivity index (χ1) is 10.2. The van der Waals surface area contributed by atoms with Gasteiger partial charge < -0.3 is 10.6 Å². The van der Waals surface area contributed by atoms with E-state index < -0.39 is 5.54 Å². The molecule has 1 atom stereocenters. The van der Waals surface area contributed by atoms with Crippen molar-refractivity contribution in [3.05, 3.63) is 36.9 Å². The number of nitrogens with zero attached hydrogens (tertiary/aromatic N) is 3. The molecule has 3 rings (SSSR count). The van der Waals surface area contributed by atoms with Gasteiger partial charge in [0.25, 0.3) is 0 Å². The fourth-order valence-corrected chi connectivity index (χ4v) is 2.75. The molecule has 21 heavy (non-hydrogen) atoms. The summed E-state index contributed by atoms with van der Waals surface area (Å²) in [6.07, 6.45) is 5.88. The Labute approximate surface area is 123 Å². The van der Waals surface area contributed by atoms with Gasteiger partial charge in [-0.2, -0.15) is 5.10 Å². The van der Waals surface area contributed by atoms with Crippen molar-refractivity contribution >= 4 is 11.6 Å². The molecule has 0 saturated carbocycles. The molecular formula is C15H19N5O. The number of carbonyl (C=O) groups excluding carboxylic acids is 1. The van der Waals surface area contributed by atoms with Gasteiger partial charge in [0, 0.05) is 5.69 Å². The molecule has 1 aliphatic heterocycles. The van der Waals surface area contributed by atoms with Gasteiger partial charge in [-0.25, -0.2) is 9.67 Å². The Bertz CT molecular complexity index is 600. The van der Waals surface area contributed by atoms with Gasteiger partial charge in [-0.1, -0.05) is 6.92 Å². The van der Waals surface area contributed by atoms with Crippen LogP contribution in [-0.2, 0) is 4.79 Å². The first-order valence-electron chi connectivity index (χ1n) is 7.25. The van der Waals surface area contributed by atoms with E-state index >= 15 is 0 Å². The fourth-order valence-electron chi connectivity index (χ4n) is 2.75. The zero-order valence-electron chi connectivity index (χ0n) is 12.0. The second kappa shape index (κ2) is 5.65. The van der Waals surface area contributed by atoms with E-state index in [1.54, 1.807) is 11.0 Å². The van der Waals surface area contributed by atoms with Gasteiger partial charge in [-0.3, -0.25) is 4.79 Å². The Balaban J connectivity index is 1.72. The van der Waals surface area contributed by atoms with Crippen molar-refractivity contribution in [3.63, 3.8) is 0 Å². The first kappa shape index (κ1) is 13.8. The summed E-state index contributed by atoms with van der Waals surface area (Å²) in [4.78, 5) is 16.4. The minimum absolute atomic E-state index is 0.0519. The molecule has 0 bridgehead atoms. The molecule has 2 N–H and O–H groups in total. The fraction of sp³-hybridized carbons (Fsp3) is 0.400. The molecule has 1 aliphatic rings. The van der Waals surface area contributed by atoms with E-state index in [9.17, 15) is 4.79 Å². The Kier molecular flexibility index (Phi) is 3.70. The largest absolute Gasteiger partial charge is 0.324 e. The zero-order chi connectivity index (χ0) is 14.7. The van der Waals surface area contributed by atoms with Crippen molar-refractivity contribution in [2.45, 2.75) is 31.7 Å². The molecule has 6 nitrogen and oxygen atoms in total. The average Bonchev–Trinajstić information content (AvgIpc) is 3.20. The summed E-state index contributed by atoms with van der Waals surface area (Å²) in [5, 5.41) is 10.4. The topological polar surface area (TPSA) is 71.8 Å². The van der Waals surface area contributed by atoms with E-state index in [1.807, 2.05) is 31.2 Å². The van der Waals surface area contributed by atoms with Crippen LogP contribution in [0.3, 0.4) is 0 Å². The number of rotatable bonds is 4. The molecule has 0 aliphatic carbocycles. The van der Waals surface area contributed by atoms with Crippen LogP contribution in [0.4, 0.5) is 5.69 Å². The third-order valence-corrected chi connectivity index (χ3v) is 4.09. The van der Waals surface area contributed by atoms with Crippen LogP contribution in [0.25, 0.3) is 5.69 Å². The van der Waals surface area contributed by atoms with Crippen LogP contribution in [0.1, 0.15) is 26.2 Å². The number of hydrogen-bond donors (Lipinski definition) is 2. The van der Waals surface area contributed by atoms with Gasteiger partial charge in [0.05, 0.1) is 11.2 Å². The van der Waals surface area contributed by atoms with Gasteiger partial charge >= 0.3 is 0 Å². The zero-order valence-corrected chi connectivity index (χ0v) is 12.0. The average molecular weight is 285 g/mol. The quantitative estimate of drug-likeness (QED) is 0.897. The van der Waals surface area contributed by atoms with Crippen molar-refractivity contribution < 1.29 is 4.79 Å². The first-order valence-corrected chi connectivity index (χ1v) is 7.25. The summed E-state index contributed by atoms with van der Waals surface area (Å²) in [6.45, 7) is 2.96. The van der Waals surface area contributed by atoms with Crippen LogP contribution >= 0.6 is 0 Å². The van der Waals surface area contributed by atoms with Crippen LogP contribution in [0, 0.1) is 0 Å². The van der Waals surface area contributed by atoms with E-state index in [1.165, 1.54) is 6.33 Å². The van der Waals surface area contributed by atoms with E-state index in [0.29, 0.717) is 0 Å². The highest BCUT2D eigenvalue weighted by Crippen LogP contribution is 2.25. The molecule has 110 valence electrons. The minimum Gasteiger partial charge on any atom is -0.324 e. The van der Waals surface area contributed by atoms with E-state index in [0.717, 1.165) is 37.2 Å². The SMILES string of the molecule is CCC1(C(=O)Nc2ccc(-n3cncn3)cc2)CCCN1. The van der Waals surface area contributed by atoms with Crippen molar-refractivity contribution in [1.29, 1.82) is 0 Å². The van der Waals surface area contributed by atoms with Gasteiger partial charge in [-0.05, 0) is 50.1 Å². The number of amides is 1. The normalized spacial score (nSPS) is 21.4. The molecule has 6 heteroatoms.